The summed E-state index contributed by atoms with van der Waals surface area (Å²) in [7, 11) is -3.91. The van der Waals surface area contributed by atoms with E-state index in [0.717, 1.165) is 0 Å². The van der Waals surface area contributed by atoms with E-state index in [4.69, 9.17) is 16.3 Å². The zero-order chi connectivity index (χ0) is 19.2. The second kappa shape index (κ2) is 8.98. The van der Waals surface area contributed by atoms with Crippen LogP contribution in [0.4, 0.5) is 0 Å². The van der Waals surface area contributed by atoms with E-state index in [1.165, 1.54) is 25.1 Å². The Kier molecular flexibility index (Phi) is 6.96. The van der Waals surface area contributed by atoms with E-state index < -0.39 is 22.0 Å². The van der Waals surface area contributed by atoms with Gasteiger partial charge in [-0.05, 0) is 44.2 Å². The molecule has 1 amide bonds. The molecular formula is C17H20ClN3O4S. The fourth-order valence-corrected chi connectivity index (χ4v) is 3.64. The SMILES string of the molecule is CCOc1ccc(S(=O)(=O)N[C@H](C)C(=O)NCc2ccccn2)cc1Cl. The van der Waals surface area contributed by atoms with Crippen molar-refractivity contribution < 1.29 is 17.9 Å². The van der Waals surface area contributed by atoms with E-state index in [1.807, 2.05) is 0 Å². The number of halogens is 1. The number of nitrogens with zero attached hydrogens (tertiary/aromatic N) is 1. The third kappa shape index (κ3) is 5.42. The second-order valence-electron chi connectivity index (χ2n) is 5.41. The molecule has 0 saturated heterocycles. The van der Waals surface area contributed by atoms with Gasteiger partial charge in [0.25, 0.3) is 0 Å². The summed E-state index contributed by atoms with van der Waals surface area (Å²) in [5, 5.41) is 2.82. The number of pyridine rings is 1. The normalized spacial score (nSPS) is 12.4. The van der Waals surface area contributed by atoms with Gasteiger partial charge in [-0.3, -0.25) is 9.78 Å². The summed E-state index contributed by atoms with van der Waals surface area (Å²) in [5.41, 5.74) is 0.675. The van der Waals surface area contributed by atoms with Crippen molar-refractivity contribution in [3.05, 3.63) is 53.3 Å². The molecule has 1 heterocycles. The quantitative estimate of drug-likeness (QED) is 0.711. The summed E-state index contributed by atoms with van der Waals surface area (Å²) in [6.45, 7) is 3.88. The summed E-state index contributed by atoms with van der Waals surface area (Å²) in [6.07, 6.45) is 1.61. The monoisotopic (exact) mass is 397 g/mol. The molecule has 26 heavy (non-hydrogen) atoms. The minimum atomic E-state index is -3.91. The molecule has 0 aliphatic carbocycles. The minimum Gasteiger partial charge on any atom is -0.492 e. The third-order valence-electron chi connectivity index (χ3n) is 3.41. The van der Waals surface area contributed by atoms with Crippen LogP contribution in [0.15, 0.2) is 47.5 Å². The number of carbonyl (C=O) groups is 1. The molecule has 2 aromatic rings. The molecule has 1 aromatic heterocycles. The lowest BCUT2D eigenvalue weighted by atomic mass is 10.3. The first kappa shape index (κ1) is 20.2. The Morgan fingerprint density at radius 1 is 1.31 bits per heavy atom. The van der Waals surface area contributed by atoms with Crippen molar-refractivity contribution >= 4 is 27.5 Å². The lowest BCUT2D eigenvalue weighted by Crippen LogP contribution is -2.44. The van der Waals surface area contributed by atoms with Crippen LogP contribution >= 0.6 is 11.6 Å². The maximum atomic E-state index is 12.4. The first-order valence-corrected chi connectivity index (χ1v) is 9.82. The van der Waals surface area contributed by atoms with Crippen molar-refractivity contribution in [2.24, 2.45) is 0 Å². The van der Waals surface area contributed by atoms with E-state index in [9.17, 15) is 13.2 Å². The molecule has 0 fully saturated rings. The van der Waals surface area contributed by atoms with Crippen molar-refractivity contribution in [1.82, 2.24) is 15.0 Å². The average molecular weight is 398 g/mol. The van der Waals surface area contributed by atoms with Crippen LogP contribution < -0.4 is 14.8 Å². The Bertz CT molecular complexity index is 860. The van der Waals surface area contributed by atoms with Crippen LogP contribution in [0, 0.1) is 0 Å². The number of nitrogens with one attached hydrogen (secondary N) is 2. The molecule has 0 spiro atoms. The summed E-state index contributed by atoms with van der Waals surface area (Å²) in [6, 6.07) is 8.50. The van der Waals surface area contributed by atoms with Crippen LogP contribution in [0.2, 0.25) is 5.02 Å². The lowest BCUT2D eigenvalue weighted by molar-refractivity contribution is -0.122. The Morgan fingerprint density at radius 3 is 2.69 bits per heavy atom. The molecule has 2 N–H and O–H groups in total. The summed E-state index contributed by atoms with van der Waals surface area (Å²) < 4.78 is 32.5. The Morgan fingerprint density at radius 2 is 2.08 bits per heavy atom. The van der Waals surface area contributed by atoms with Crippen LogP contribution in [0.25, 0.3) is 0 Å². The molecule has 0 aliphatic heterocycles. The number of hydrogen-bond donors (Lipinski definition) is 2. The van der Waals surface area contributed by atoms with Crippen molar-refractivity contribution in [3.8, 4) is 5.75 Å². The van der Waals surface area contributed by atoms with E-state index in [0.29, 0.717) is 18.1 Å². The van der Waals surface area contributed by atoms with Gasteiger partial charge < -0.3 is 10.1 Å². The molecule has 7 nitrogen and oxygen atoms in total. The van der Waals surface area contributed by atoms with Gasteiger partial charge in [0.2, 0.25) is 15.9 Å². The van der Waals surface area contributed by atoms with Crippen molar-refractivity contribution in [3.63, 3.8) is 0 Å². The fraction of sp³-hybridized carbons (Fsp3) is 0.294. The summed E-state index contributed by atoms with van der Waals surface area (Å²) in [5.74, 6) is -0.0643. The number of carbonyl (C=O) groups excluding carboxylic acids is 1. The number of amides is 1. The van der Waals surface area contributed by atoms with Crippen molar-refractivity contribution in [1.29, 1.82) is 0 Å². The molecule has 0 unspecified atom stereocenters. The number of aromatic nitrogens is 1. The largest absolute Gasteiger partial charge is 0.492 e. The highest BCUT2D eigenvalue weighted by atomic mass is 35.5. The molecular weight excluding hydrogens is 378 g/mol. The summed E-state index contributed by atoms with van der Waals surface area (Å²) >= 11 is 6.03. The van der Waals surface area contributed by atoms with Crippen LogP contribution in [0.5, 0.6) is 5.75 Å². The third-order valence-corrected chi connectivity index (χ3v) is 5.24. The first-order chi connectivity index (χ1) is 12.3. The van der Waals surface area contributed by atoms with Gasteiger partial charge in [-0.1, -0.05) is 17.7 Å². The van der Waals surface area contributed by atoms with Crippen molar-refractivity contribution in [2.45, 2.75) is 31.3 Å². The number of sulfonamides is 1. The van der Waals surface area contributed by atoms with Gasteiger partial charge in [-0.25, -0.2) is 8.42 Å². The summed E-state index contributed by atoms with van der Waals surface area (Å²) in [4.78, 5) is 16.2. The fourth-order valence-electron chi connectivity index (χ4n) is 2.11. The van der Waals surface area contributed by atoms with E-state index in [2.05, 4.69) is 15.0 Å². The van der Waals surface area contributed by atoms with Crippen molar-refractivity contribution in [2.75, 3.05) is 6.61 Å². The maximum Gasteiger partial charge on any atom is 0.241 e. The molecule has 1 atom stereocenters. The minimum absolute atomic E-state index is 0.0460. The second-order valence-corrected chi connectivity index (χ2v) is 7.53. The zero-order valence-electron chi connectivity index (χ0n) is 14.4. The average Bonchev–Trinajstić information content (AvgIpc) is 2.62. The molecule has 140 valence electrons. The Balaban J connectivity index is 2.01. The highest BCUT2D eigenvalue weighted by Gasteiger charge is 2.22. The van der Waals surface area contributed by atoms with Crippen LogP contribution in [0.3, 0.4) is 0 Å². The molecule has 2 rings (SSSR count). The van der Waals surface area contributed by atoms with Gasteiger partial charge in [-0.2, -0.15) is 4.72 Å². The predicted molar refractivity (Wildman–Crippen MR) is 98.5 cm³/mol. The van der Waals surface area contributed by atoms with Gasteiger partial charge in [0, 0.05) is 6.20 Å². The van der Waals surface area contributed by atoms with Gasteiger partial charge in [-0.15, -0.1) is 0 Å². The number of rotatable bonds is 8. The number of hydrogen-bond acceptors (Lipinski definition) is 5. The molecule has 1 aromatic carbocycles. The smallest absolute Gasteiger partial charge is 0.241 e. The first-order valence-electron chi connectivity index (χ1n) is 7.95. The molecule has 0 bridgehead atoms. The molecule has 9 heteroatoms. The highest BCUT2D eigenvalue weighted by Crippen LogP contribution is 2.27. The molecule has 0 saturated carbocycles. The van der Waals surface area contributed by atoms with Gasteiger partial charge in [0.05, 0.1) is 34.8 Å². The predicted octanol–water partition coefficient (Wildman–Crippen LogP) is 2.12. The zero-order valence-corrected chi connectivity index (χ0v) is 16.0. The van der Waals surface area contributed by atoms with E-state index in [1.54, 1.807) is 31.3 Å². The number of ether oxygens (including phenoxy) is 1. The number of benzene rings is 1. The van der Waals surface area contributed by atoms with Crippen LogP contribution in [-0.4, -0.2) is 32.0 Å². The van der Waals surface area contributed by atoms with Gasteiger partial charge in [0.1, 0.15) is 5.75 Å². The standard InChI is InChI=1S/C17H20ClN3O4S/c1-3-25-16-8-7-14(10-15(16)18)26(23,24)21-12(2)17(22)20-11-13-6-4-5-9-19-13/h4-10,12,21H,3,11H2,1-2H3,(H,20,22)/t12-/m1/s1. The van der Waals surface area contributed by atoms with Gasteiger partial charge >= 0.3 is 0 Å². The van der Waals surface area contributed by atoms with Gasteiger partial charge in [0.15, 0.2) is 0 Å². The van der Waals surface area contributed by atoms with E-state index in [-0.39, 0.29) is 16.5 Å². The maximum absolute atomic E-state index is 12.4. The Labute approximate surface area is 157 Å². The lowest BCUT2D eigenvalue weighted by Gasteiger charge is -2.15. The van der Waals surface area contributed by atoms with E-state index >= 15 is 0 Å². The highest BCUT2D eigenvalue weighted by molar-refractivity contribution is 7.89. The molecule has 0 aliphatic rings. The Hall–Kier alpha value is -2.16. The molecule has 0 radical (unpaired) electrons. The van der Waals surface area contributed by atoms with Crippen LogP contribution in [0.1, 0.15) is 19.5 Å². The van der Waals surface area contributed by atoms with Crippen LogP contribution in [-0.2, 0) is 21.4 Å². The topological polar surface area (TPSA) is 97.4 Å².